The van der Waals surface area contributed by atoms with Crippen LogP contribution in [0.2, 0.25) is 0 Å². The number of thioether (sulfide) groups is 1. The number of carbonyl (C=O) groups excluding carboxylic acids is 2. The molecule has 0 bridgehead atoms. The number of nitrogens with zero attached hydrogens (tertiary/aromatic N) is 2. The second-order valence-electron chi connectivity index (χ2n) is 6.64. The van der Waals surface area contributed by atoms with Crippen molar-refractivity contribution in [3.8, 4) is 0 Å². The largest absolute Gasteiger partial charge is 0.458 e. The molecule has 31 heavy (non-hydrogen) atoms. The smallest absolute Gasteiger partial charge is 0.350 e. The van der Waals surface area contributed by atoms with Gasteiger partial charge in [0.05, 0.1) is 12.2 Å². The second kappa shape index (κ2) is 9.59. The molecule has 158 valence electrons. The number of aromatic nitrogens is 2. The summed E-state index contributed by atoms with van der Waals surface area (Å²) in [6.07, 6.45) is 1.56. The molecule has 2 atom stereocenters. The van der Waals surface area contributed by atoms with Gasteiger partial charge in [0, 0.05) is 11.8 Å². The summed E-state index contributed by atoms with van der Waals surface area (Å²) in [5.74, 6) is -0.595. The zero-order valence-electron chi connectivity index (χ0n) is 16.3. The van der Waals surface area contributed by atoms with Gasteiger partial charge in [-0.25, -0.2) is 9.59 Å². The number of rotatable bonds is 6. The normalized spacial score (nSPS) is 17.8. The molecular weight excluding hydrogens is 418 g/mol. The first-order valence-electron chi connectivity index (χ1n) is 9.55. The number of benzene rings is 2. The lowest BCUT2D eigenvalue weighted by molar-refractivity contribution is 0.0273. The Hall–Kier alpha value is -3.43. The Morgan fingerprint density at radius 2 is 1.74 bits per heavy atom. The molecule has 1 fully saturated rings. The fourth-order valence-electron chi connectivity index (χ4n) is 2.96. The number of esters is 1. The predicted molar refractivity (Wildman–Crippen MR) is 116 cm³/mol. The van der Waals surface area contributed by atoms with Crippen molar-refractivity contribution in [3.63, 3.8) is 0 Å². The van der Waals surface area contributed by atoms with Crippen LogP contribution < -0.4 is 11.0 Å². The Morgan fingerprint density at radius 1 is 1.06 bits per heavy atom. The minimum Gasteiger partial charge on any atom is -0.458 e. The van der Waals surface area contributed by atoms with Gasteiger partial charge >= 0.3 is 11.7 Å². The van der Waals surface area contributed by atoms with Crippen LogP contribution in [0.25, 0.3) is 0 Å². The highest BCUT2D eigenvalue weighted by Gasteiger charge is 2.29. The number of ether oxygens (including phenoxy) is 2. The molecule has 9 heteroatoms. The molecule has 1 unspecified atom stereocenters. The number of amides is 1. The van der Waals surface area contributed by atoms with Gasteiger partial charge in [0.25, 0.3) is 5.91 Å². The van der Waals surface area contributed by atoms with E-state index in [4.69, 9.17) is 9.47 Å². The molecule has 2 aromatic carbocycles. The van der Waals surface area contributed by atoms with E-state index >= 15 is 0 Å². The molecule has 1 amide bonds. The fraction of sp³-hybridized carbons (Fsp3) is 0.182. The first-order chi connectivity index (χ1) is 15.1. The molecule has 3 aromatic rings. The molecule has 1 saturated heterocycles. The number of carbonyl (C=O) groups is 2. The van der Waals surface area contributed by atoms with Crippen molar-refractivity contribution in [1.29, 1.82) is 0 Å². The van der Waals surface area contributed by atoms with Crippen molar-refractivity contribution in [2.45, 2.75) is 10.8 Å². The first kappa shape index (κ1) is 20.8. The van der Waals surface area contributed by atoms with E-state index in [-0.39, 0.29) is 35.7 Å². The summed E-state index contributed by atoms with van der Waals surface area (Å²) in [7, 11) is 0. The SMILES string of the molecule is O=C(Nc1ccn(C2CO[C@@H](COC(=O)c3ccccc3)S2)c(=O)n1)c1ccccc1. The topological polar surface area (TPSA) is 99.5 Å². The van der Waals surface area contributed by atoms with E-state index in [9.17, 15) is 14.4 Å². The van der Waals surface area contributed by atoms with Crippen molar-refractivity contribution >= 4 is 29.5 Å². The molecule has 8 nitrogen and oxygen atoms in total. The molecule has 0 spiro atoms. The summed E-state index contributed by atoms with van der Waals surface area (Å²) >= 11 is 1.37. The van der Waals surface area contributed by atoms with E-state index in [0.29, 0.717) is 11.1 Å². The lowest BCUT2D eigenvalue weighted by atomic mass is 10.2. The molecule has 2 heterocycles. The summed E-state index contributed by atoms with van der Waals surface area (Å²) in [6.45, 7) is 0.345. The number of hydrogen-bond acceptors (Lipinski definition) is 7. The highest BCUT2D eigenvalue weighted by atomic mass is 32.2. The van der Waals surface area contributed by atoms with Crippen molar-refractivity contribution in [3.05, 3.63) is 94.5 Å². The van der Waals surface area contributed by atoms with Crippen LogP contribution >= 0.6 is 11.8 Å². The number of anilines is 1. The molecule has 0 aliphatic carbocycles. The van der Waals surface area contributed by atoms with Crippen LogP contribution in [0.4, 0.5) is 5.82 Å². The van der Waals surface area contributed by atoms with Crippen LogP contribution in [0, 0.1) is 0 Å². The van der Waals surface area contributed by atoms with E-state index in [0.717, 1.165) is 0 Å². The molecule has 0 radical (unpaired) electrons. The van der Waals surface area contributed by atoms with Crippen LogP contribution in [0.5, 0.6) is 0 Å². The first-order valence-corrected chi connectivity index (χ1v) is 10.5. The second-order valence-corrected chi connectivity index (χ2v) is 7.98. The highest BCUT2D eigenvalue weighted by molar-refractivity contribution is 8.00. The molecule has 1 aromatic heterocycles. The third kappa shape index (κ3) is 5.19. The van der Waals surface area contributed by atoms with Gasteiger partial charge in [-0.1, -0.05) is 48.2 Å². The van der Waals surface area contributed by atoms with Gasteiger partial charge in [0.2, 0.25) is 0 Å². The summed E-state index contributed by atoms with van der Waals surface area (Å²) in [4.78, 5) is 40.7. The Balaban J connectivity index is 1.33. The molecule has 1 aliphatic rings. The van der Waals surface area contributed by atoms with Gasteiger partial charge in [-0.2, -0.15) is 4.98 Å². The van der Waals surface area contributed by atoms with Gasteiger partial charge in [0.15, 0.2) is 0 Å². The van der Waals surface area contributed by atoms with Crippen LogP contribution in [0.15, 0.2) is 77.7 Å². The number of nitrogens with one attached hydrogen (secondary N) is 1. The van der Waals surface area contributed by atoms with Crippen molar-refractivity contribution in [2.24, 2.45) is 0 Å². The third-order valence-corrected chi connectivity index (χ3v) is 5.76. The predicted octanol–water partition coefficient (Wildman–Crippen LogP) is 2.94. The quantitative estimate of drug-likeness (QED) is 0.592. The molecule has 1 aliphatic heterocycles. The molecule has 0 saturated carbocycles. The van der Waals surface area contributed by atoms with E-state index in [1.54, 1.807) is 60.8 Å². The van der Waals surface area contributed by atoms with E-state index in [2.05, 4.69) is 10.3 Å². The number of hydrogen-bond donors (Lipinski definition) is 1. The fourth-order valence-corrected chi connectivity index (χ4v) is 4.06. The zero-order chi connectivity index (χ0) is 21.6. The monoisotopic (exact) mass is 437 g/mol. The van der Waals surface area contributed by atoms with Crippen molar-refractivity contribution < 1.29 is 19.1 Å². The average molecular weight is 437 g/mol. The van der Waals surface area contributed by atoms with Crippen LogP contribution in [0.3, 0.4) is 0 Å². The summed E-state index contributed by atoms with van der Waals surface area (Å²) in [6, 6.07) is 18.9. The minimum atomic E-state index is -0.506. The summed E-state index contributed by atoms with van der Waals surface area (Å²) < 4.78 is 12.4. The maximum absolute atomic E-state index is 12.4. The maximum Gasteiger partial charge on any atom is 0.350 e. The van der Waals surface area contributed by atoms with Gasteiger partial charge in [-0.15, -0.1) is 0 Å². The zero-order valence-corrected chi connectivity index (χ0v) is 17.2. The molecular formula is C22H19N3O5S. The molecule has 1 N–H and O–H groups in total. The summed E-state index contributed by atoms with van der Waals surface area (Å²) in [5.41, 5.74) is 0.0487. The highest BCUT2D eigenvalue weighted by Crippen LogP contribution is 2.34. The minimum absolute atomic E-state index is 0.0717. The Bertz CT molecular complexity index is 1120. The van der Waals surface area contributed by atoms with Gasteiger partial charge in [0.1, 0.15) is 23.2 Å². The Kier molecular flexibility index (Phi) is 6.44. The average Bonchev–Trinajstić information content (AvgIpc) is 3.27. The Labute approximate surface area is 182 Å². The third-order valence-electron chi connectivity index (χ3n) is 4.51. The van der Waals surface area contributed by atoms with Crippen molar-refractivity contribution in [2.75, 3.05) is 18.5 Å². The van der Waals surface area contributed by atoms with Crippen molar-refractivity contribution in [1.82, 2.24) is 9.55 Å². The molecule has 4 rings (SSSR count). The lowest BCUT2D eigenvalue weighted by Crippen LogP contribution is -2.27. The standard InChI is InChI=1S/C22H19N3O5S/c26-20(15-7-3-1-4-8-15)23-17-11-12-25(22(28)24-17)18-13-29-19(31-18)14-30-21(27)16-9-5-2-6-10-16/h1-12,18-19H,13-14H2,(H,23,24,26,28)/t18?,19-/m1/s1. The van der Waals surface area contributed by atoms with Gasteiger partial charge in [-0.05, 0) is 30.3 Å². The summed E-state index contributed by atoms with van der Waals surface area (Å²) in [5, 5.41) is 2.31. The maximum atomic E-state index is 12.4. The van der Waals surface area contributed by atoms with E-state index in [1.807, 2.05) is 12.1 Å². The lowest BCUT2D eigenvalue weighted by Gasteiger charge is -2.13. The van der Waals surface area contributed by atoms with Gasteiger partial charge < -0.3 is 14.8 Å². The van der Waals surface area contributed by atoms with Crippen LogP contribution in [-0.4, -0.2) is 40.1 Å². The van der Waals surface area contributed by atoms with Gasteiger partial charge in [-0.3, -0.25) is 9.36 Å². The van der Waals surface area contributed by atoms with Crippen LogP contribution in [-0.2, 0) is 9.47 Å². The van der Waals surface area contributed by atoms with Crippen LogP contribution in [0.1, 0.15) is 26.1 Å². The Morgan fingerprint density at radius 3 is 2.42 bits per heavy atom. The van der Waals surface area contributed by atoms with E-state index < -0.39 is 11.7 Å². The van der Waals surface area contributed by atoms with E-state index in [1.165, 1.54) is 16.3 Å².